The van der Waals surface area contributed by atoms with E-state index in [4.69, 9.17) is 21.3 Å². The monoisotopic (exact) mass is 477 g/mol. The van der Waals surface area contributed by atoms with E-state index in [1.807, 2.05) is 24.3 Å². The van der Waals surface area contributed by atoms with Gasteiger partial charge in [-0.05, 0) is 54.1 Å². The molecular weight excluding hydrogens is 461 g/mol. The molecule has 1 aliphatic rings. The Morgan fingerprint density at radius 3 is 2.70 bits per heavy atom. The maximum absolute atomic E-state index is 13.4. The van der Waals surface area contributed by atoms with Crippen LogP contribution in [-0.2, 0) is 11.2 Å². The molecule has 3 aromatic carbocycles. The SMILES string of the molecule is O=C(CSc1nc(-c2ccc(F)cc2)nc2c1Cc1ccccc1O2)Nc1cccc(Cl)c1. The van der Waals surface area contributed by atoms with Crippen LogP contribution in [-0.4, -0.2) is 21.6 Å². The van der Waals surface area contributed by atoms with Gasteiger partial charge in [0.2, 0.25) is 11.8 Å². The zero-order chi connectivity index (χ0) is 22.8. The topological polar surface area (TPSA) is 64.1 Å². The molecule has 1 aromatic heterocycles. The van der Waals surface area contributed by atoms with Crippen molar-refractivity contribution >= 4 is 35.0 Å². The molecule has 0 atom stereocenters. The van der Waals surface area contributed by atoms with Gasteiger partial charge in [0, 0.05) is 22.7 Å². The summed E-state index contributed by atoms with van der Waals surface area (Å²) in [6.45, 7) is 0. The lowest BCUT2D eigenvalue weighted by molar-refractivity contribution is -0.113. The summed E-state index contributed by atoms with van der Waals surface area (Å²) in [5, 5.41) is 4.04. The van der Waals surface area contributed by atoms with Gasteiger partial charge in [-0.3, -0.25) is 4.79 Å². The Morgan fingerprint density at radius 1 is 1.06 bits per heavy atom. The Balaban J connectivity index is 1.44. The highest BCUT2D eigenvalue weighted by Crippen LogP contribution is 2.40. The van der Waals surface area contributed by atoms with Gasteiger partial charge in [0.1, 0.15) is 16.6 Å². The molecule has 0 radical (unpaired) electrons. The van der Waals surface area contributed by atoms with Gasteiger partial charge in [-0.2, -0.15) is 4.98 Å². The van der Waals surface area contributed by atoms with E-state index in [0.717, 1.165) is 16.9 Å². The second-order valence-corrected chi connectivity index (χ2v) is 8.78. The Morgan fingerprint density at radius 2 is 1.88 bits per heavy atom. The van der Waals surface area contributed by atoms with Crippen molar-refractivity contribution in [2.45, 2.75) is 11.4 Å². The van der Waals surface area contributed by atoms with Crippen LogP contribution < -0.4 is 10.1 Å². The molecular formula is C25H17ClFN3O2S. The van der Waals surface area contributed by atoms with E-state index in [-0.39, 0.29) is 17.5 Å². The average Bonchev–Trinajstić information content (AvgIpc) is 2.81. The summed E-state index contributed by atoms with van der Waals surface area (Å²) < 4.78 is 19.5. The molecule has 0 spiro atoms. The van der Waals surface area contributed by atoms with E-state index >= 15 is 0 Å². The number of para-hydroxylation sites is 1. The first-order valence-corrected chi connectivity index (χ1v) is 11.5. The number of amides is 1. The van der Waals surface area contributed by atoms with E-state index in [9.17, 15) is 9.18 Å². The molecule has 0 aliphatic carbocycles. The highest BCUT2D eigenvalue weighted by atomic mass is 35.5. The minimum Gasteiger partial charge on any atom is -0.438 e. The van der Waals surface area contributed by atoms with Crippen LogP contribution in [0.25, 0.3) is 11.4 Å². The van der Waals surface area contributed by atoms with Gasteiger partial charge in [-0.1, -0.05) is 47.6 Å². The van der Waals surface area contributed by atoms with Crippen molar-refractivity contribution in [3.05, 3.63) is 94.8 Å². The quantitative estimate of drug-likeness (QED) is 0.235. The fraction of sp³-hybridized carbons (Fsp3) is 0.0800. The summed E-state index contributed by atoms with van der Waals surface area (Å²) in [5.74, 6) is 1.21. The van der Waals surface area contributed by atoms with Gasteiger partial charge in [0.25, 0.3) is 0 Å². The van der Waals surface area contributed by atoms with E-state index in [0.29, 0.717) is 39.4 Å². The number of fused-ring (bicyclic) bond motifs is 2. The largest absolute Gasteiger partial charge is 0.438 e. The molecule has 0 unspecified atom stereocenters. The Labute approximate surface area is 199 Å². The van der Waals surface area contributed by atoms with Gasteiger partial charge < -0.3 is 10.1 Å². The third-order valence-electron chi connectivity index (χ3n) is 5.03. The molecule has 1 aliphatic heterocycles. The standard InChI is InChI=1S/C25H17ClFN3O2S/c26-17-5-3-6-19(13-17)28-22(31)14-33-25-20-12-16-4-1-2-7-21(16)32-24(20)29-23(30-25)15-8-10-18(27)11-9-15/h1-11,13H,12,14H2,(H,28,31). The number of hydrogen-bond acceptors (Lipinski definition) is 5. The average molecular weight is 478 g/mol. The minimum atomic E-state index is -0.339. The van der Waals surface area contributed by atoms with E-state index < -0.39 is 0 Å². The van der Waals surface area contributed by atoms with E-state index in [1.54, 1.807) is 36.4 Å². The molecule has 0 fully saturated rings. The Hall–Kier alpha value is -3.42. The predicted octanol–water partition coefficient (Wildman–Crippen LogP) is 6.36. The first-order chi connectivity index (χ1) is 16.0. The summed E-state index contributed by atoms with van der Waals surface area (Å²) in [6.07, 6.45) is 0.591. The highest BCUT2D eigenvalue weighted by Gasteiger charge is 2.24. The normalized spacial score (nSPS) is 11.8. The Bertz CT molecular complexity index is 1350. The molecule has 2 heterocycles. The number of ether oxygens (including phenoxy) is 1. The number of halogens is 2. The third-order valence-corrected chi connectivity index (χ3v) is 6.28. The van der Waals surface area contributed by atoms with Crippen molar-refractivity contribution < 1.29 is 13.9 Å². The molecule has 5 rings (SSSR count). The number of carbonyl (C=O) groups is 1. The van der Waals surface area contributed by atoms with Crippen molar-refractivity contribution in [1.82, 2.24) is 9.97 Å². The number of hydrogen-bond donors (Lipinski definition) is 1. The summed E-state index contributed by atoms with van der Waals surface area (Å²) >= 11 is 7.30. The first kappa shape index (κ1) is 21.4. The first-order valence-electron chi connectivity index (χ1n) is 10.2. The van der Waals surface area contributed by atoms with Gasteiger partial charge >= 0.3 is 0 Å². The fourth-order valence-electron chi connectivity index (χ4n) is 3.47. The lowest BCUT2D eigenvalue weighted by atomic mass is 10.0. The maximum Gasteiger partial charge on any atom is 0.234 e. The fourth-order valence-corrected chi connectivity index (χ4v) is 4.48. The molecule has 0 saturated heterocycles. The number of benzene rings is 3. The van der Waals surface area contributed by atoms with Gasteiger partial charge in [0.05, 0.1) is 11.3 Å². The lowest BCUT2D eigenvalue weighted by Gasteiger charge is -2.21. The molecule has 33 heavy (non-hydrogen) atoms. The van der Waals surface area contributed by atoms with Crippen molar-refractivity contribution in [3.63, 3.8) is 0 Å². The Kier molecular flexibility index (Phi) is 5.98. The zero-order valence-corrected chi connectivity index (χ0v) is 18.8. The molecule has 4 aromatic rings. The number of aromatic nitrogens is 2. The van der Waals surface area contributed by atoms with Crippen molar-refractivity contribution in [2.75, 3.05) is 11.1 Å². The van der Waals surface area contributed by atoms with Crippen LogP contribution >= 0.6 is 23.4 Å². The van der Waals surface area contributed by atoms with Crippen molar-refractivity contribution in [3.8, 4) is 23.0 Å². The summed E-state index contributed by atoms with van der Waals surface area (Å²) in [6, 6.07) is 20.7. The molecule has 0 saturated carbocycles. The molecule has 8 heteroatoms. The van der Waals surface area contributed by atoms with Crippen LogP contribution in [0.15, 0.2) is 77.8 Å². The van der Waals surface area contributed by atoms with Gasteiger partial charge in [-0.15, -0.1) is 0 Å². The second-order valence-electron chi connectivity index (χ2n) is 7.38. The lowest BCUT2D eigenvalue weighted by Crippen LogP contribution is -2.15. The van der Waals surface area contributed by atoms with Gasteiger partial charge in [-0.25, -0.2) is 9.37 Å². The molecule has 5 nitrogen and oxygen atoms in total. The van der Waals surface area contributed by atoms with Gasteiger partial charge in [0.15, 0.2) is 5.82 Å². The van der Waals surface area contributed by atoms with Crippen LogP contribution in [0.5, 0.6) is 11.6 Å². The number of thioether (sulfide) groups is 1. The molecule has 1 amide bonds. The van der Waals surface area contributed by atoms with Crippen LogP contribution in [0.1, 0.15) is 11.1 Å². The highest BCUT2D eigenvalue weighted by molar-refractivity contribution is 8.00. The number of carbonyl (C=O) groups excluding carboxylic acids is 1. The number of nitrogens with one attached hydrogen (secondary N) is 1. The van der Waals surface area contributed by atoms with Crippen LogP contribution in [0.4, 0.5) is 10.1 Å². The van der Waals surface area contributed by atoms with E-state index in [2.05, 4.69) is 10.3 Å². The third kappa shape index (κ3) is 4.84. The minimum absolute atomic E-state index is 0.139. The van der Waals surface area contributed by atoms with E-state index in [1.165, 1.54) is 23.9 Å². The van der Waals surface area contributed by atoms with Crippen LogP contribution in [0.3, 0.4) is 0 Å². The van der Waals surface area contributed by atoms with Crippen molar-refractivity contribution in [1.29, 1.82) is 0 Å². The summed E-state index contributed by atoms with van der Waals surface area (Å²) in [5.41, 5.74) is 3.13. The van der Waals surface area contributed by atoms with Crippen LogP contribution in [0, 0.1) is 5.82 Å². The second kappa shape index (κ2) is 9.21. The zero-order valence-electron chi connectivity index (χ0n) is 17.2. The van der Waals surface area contributed by atoms with Crippen molar-refractivity contribution in [2.24, 2.45) is 0 Å². The summed E-state index contributed by atoms with van der Waals surface area (Å²) in [4.78, 5) is 21.9. The maximum atomic E-state index is 13.4. The smallest absolute Gasteiger partial charge is 0.234 e. The number of nitrogens with zero attached hydrogens (tertiary/aromatic N) is 2. The predicted molar refractivity (Wildman–Crippen MR) is 128 cm³/mol. The number of anilines is 1. The number of rotatable bonds is 5. The van der Waals surface area contributed by atoms with Crippen LogP contribution in [0.2, 0.25) is 5.02 Å². The summed E-state index contributed by atoms with van der Waals surface area (Å²) in [7, 11) is 0. The molecule has 1 N–H and O–H groups in total. The molecule has 0 bridgehead atoms. The molecule has 164 valence electrons.